The predicted molar refractivity (Wildman–Crippen MR) is 133 cm³/mol. The van der Waals surface area contributed by atoms with Gasteiger partial charge in [0.25, 0.3) is 0 Å². The first-order valence-electron chi connectivity index (χ1n) is 11.5. The highest BCUT2D eigenvalue weighted by molar-refractivity contribution is 7.12. The van der Waals surface area contributed by atoms with Crippen LogP contribution in [-0.4, -0.2) is 48.3 Å². The molecule has 0 bridgehead atoms. The number of aliphatic hydroxyl groups is 1. The lowest BCUT2D eigenvalue weighted by atomic mass is 9.90. The molecule has 0 aliphatic carbocycles. The van der Waals surface area contributed by atoms with E-state index >= 15 is 0 Å². The zero-order valence-electron chi connectivity index (χ0n) is 18.9. The van der Waals surface area contributed by atoms with Gasteiger partial charge in [0.1, 0.15) is 11.9 Å². The number of thiophene rings is 2. The number of likely N-dealkylation sites (tertiary alicyclic amines) is 1. The van der Waals surface area contributed by atoms with Gasteiger partial charge in [0.15, 0.2) is 0 Å². The van der Waals surface area contributed by atoms with Gasteiger partial charge in [0.05, 0.1) is 16.4 Å². The number of piperidine rings is 1. The number of carbonyl (C=O) groups is 1. The largest absolute Gasteiger partial charge is 0.494 e. The summed E-state index contributed by atoms with van der Waals surface area (Å²) in [7, 11) is 0. The monoisotopic (exact) mass is 485 g/mol. The van der Waals surface area contributed by atoms with Crippen LogP contribution in [0.1, 0.15) is 35.9 Å². The molecule has 4 rings (SSSR count). The number of ether oxygens (including phenoxy) is 2. The predicted octanol–water partition coefficient (Wildman–Crippen LogP) is 5.16. The molecule has 1 fully saturated rings. The molecule has 5 nitrogen and oxygen atoms in total. The Hall–Kier alpha value is -2.19. The summed E-state index contributed by atoms with van der Waals surface area (Å²) in [6.45, 7) is 5.34. The maximum atomic E-state index is 13.4. The maximum absolute atomic E-state index is 13.4. The molecule has 0 saturated carbocycles. The van der Waals surface area contributed by atoms with Crippen molar-refractivity contribution in [1.29, 1.82) is 0 Å². The van der Waals surface area contributed by atoms with E-state index in [1.165, 1.54) is 22.7 Å². The van der Waals surface area contributed by atoms with Crippen molar-refractivity contribution in [3.8, 4) is 5.75 Å². The Bertz CT molecular complexity index is 941. The average Bonchev–Trinajstić information content (AvgIpc) is 3.57. The number of nitrogens with zero attached hydrogens (tertiary/aromatic N) is 1. The molecule has 1 aliphatic heterocycles. The first kappa shape index (κ1) is 24.0. The average molecular weight is 486 g/mol. The van der Waals surface area contributed by atoms with Crippen LogP contribution in [0.5, 0.6) is 5.75 Å². The molecular formula is C26H31NO4S2. The number of carbonyl (C=O) groups excluding carboxylic acids is 1. The van der Waals surface area contributed by atoms with Crippen LogP contribution in [0.4, 0.5) is 0 Å². The van der Waals surface area contributed by atoms with E-state index in [1.54, 1.807) is 12.1 Å². The molecule has 3 heterocycles. The first-order chi connectivity index (χ1) is 16.1. The van der Waals surface area contributed by atoms with Gasteiger partial charge in [0, 0.05) is 13.1 Å². The van der Waals surface area contributed by atoms with Crippen LogP contribution in [0, 0.1) is 5.92 Å². The highest BCUT2D eigenvalue weighted by atomic mass is 32.1. The summed E-state index contributed by atoms with van der Waals surface area (Å²) < 4.78 is 11.9. The molecule has 0 spiro atoms. The van der Waals surface area contributed by atoms with Crippen molar-refractivity contribution in [3.05, 3.63) is 75.1 Å². The normalized spacial score (nSPS) is 19.3. The van der Waals surface area contributed by atoms with Gasteiger partial charge in [-0.2, -0.15) is 0 Å². The second kappa shape index (κ2) is 11.3. The fourth-order valence-corrected chi connectivity index (χ4v) is 6.06. The van der Waals surface area contributed by atoms with Crippen LogP contribution < -0.4 is 4.74 Å². The van der Waals surface area contributed by atoms with Crippen LogP contribution in [0.15, 0.2) is 65.4 Å². The summed E-state index contributed by atoms with van der Waals surface area (Å²) in [5, 5.41) is 15.3. The fourth-order valence-electron chi connectivity index (χ4n) is 4.34. The molecule has 0 amide bonds. The van der Waals surface area contributed by atoms with Crippen molar-refractivity contribution in [2.24, 2.45) is 5.92 Å². The Morgan fingerprint density at radius 3 is 2.39 bits per heavy atom. The Morgan fingerprint density at radius 2 is 1.79 bits per heavy atom. The molecule has 1 saturated heterocycles. The van der Waals surface area contributed by atoms with E-state index in [0.29, 0.717) is 28.8 Å². The molecule has 3 aromatic rings. The van der Waals surface area contributed by atoms with Gasteiger partial charge in [-0.25, -0.2) is 4.79 Å². The van der Waals surface area contributed by atoms with E-state index in [-0.39, 0.29) is 6.10 Å². The van der Waals surface area contributed by atoms with Gasteiger partial charge in [-0.15, -0.1) is 22.7 Å². The Labute approximate surface area is 203 Å². The summed E-state index contributed by atoms with van der Waals surface area (Å²) in [6.07, 6.45) is 2.59. The molecule has 1 aromatic carbocycles. The van der Waals surface area contributed by atoms with E-state index in [4.69, 9.17) is 9.47 Å². The van der Waals surface area contributed by atoms with E-state index in [2.05, 4.69) is 11.8 Å². The smallest absolute Gasteiger partial charge is 0.349 e. The summed E-state index contributed by atoms with van der Waals surface area (Å²) in [6, 6.07) is 17.1. The van der Waals surface area contributed by atoms with E-state index in [1.807, 2.05) is 53.2 Å². The molecular weight excluding hydrogens is 454 g/mol. The van der Waals surface area contributed by atoms with Gasteiger partial charge in [-0.1, -0.05) is 37.3 Å². The molecule has 176 valence electrons. The molecule has 1 aliphatic rings. The molecule has 2 unspecified atom stereocenters. The van der Waals surface area contributed by atoms with Crippen molar-refractivity contribution < 1.29 is 19.4 Å². The summed E-state index contributed by atoms with van der Waals surface area (Å²) in [5.74, 6) is 0.599. The standard InChI is InChI=1S/C26H31NO4S2/c1-2-20-13-15-27(14-8-16-30-21-9-4-3-5-10-21)19-22(20)31-25(28)26(29,23-11-6-17-32-23)24-12-7-18-33-24/h3-7,9-12,17-18,20,22,29H,2,8,13-16,19H2,1H3. The lowest BCUT2D eigenvalue weighted by Crippen LogP contribution is -2.49. The molecule has 2 atom stereocenters. The number of rotatable bonds is 10. The second-order valence-electron chi connectivity index (χ2n) is 8.38. The number of esters is 1. The van der Waals surface area contributed by atoms with Gasteiger partial charge in [-0.05, 0) is 66.8 Å². The third-order valence-corrected chi connectivity index (χ3v) is 8.20. The van der Waals surface area contributed by atoms with Gasteiger partial charge < -0.3 is 14.6 Å². The van der Waals surface area contributed by atoms with Crippen molar-refractivity contribution in [3.63, 3.8) is 0 Å². The van der Waals surface area contributed by atoms with Gasteiger partial charge >= 0.3 is 5.97 Å². The fraction of sp³-hybridized carbons (Fsp3) is 0.423. The Balaban J connectivity index is 1.38. The molecule has 0 radical (unpaired) electrons. The van der Waals surface area contributed by atoms with E-state index in [0.717, 1.165) is 38.1 Å². The molecule has 33 heavy (non-hydrogen) atoms. The lowest BCUT2D eigenvalue weighted by Gasteiger charge is -2.39. The van der Waals surface area contributed by atoms with Crippen molar-refractivity contribution in [2.45, 2.75) is 37.9 Å². The van der Waals surface area contributed by atoms with Crippen LogP contribution in [0.25, 0.3) is 0 Å². The van der Waals surface area contributed by atoms with Crippen LogP contribution >= 0.6 is 22.7 Å². The summed E-state index contributed by atoms with van der Waals surface area (Å²) in [4.78, 5) is 16.9. The SMILES string of the molecule is CCC1CCN(CCCOc2ccccc2)CC1OC(=O)C(O)(c1cccs1)c1cccs1. The van der Waals surface area contributed by atoms with Gasteiger partial charge in [0.2, 0.25) is 5.60 Å². The van der Waals surface area contributed by atoms with Crippen LogP contribution in [0.2, 0.25) is 0 Å². The third kappa shape index (κ3) is 5.66. The number of benzene rings is 1. The van der Waals surface area contributed by atoms with Crippen molar-refractivity contribution in [2.75, 3.05) is 26.2 Å². The summed E-state index contributed by atoms with van der Waals surface area (Å²) >= 11 is 2.74. The topological polar surface area (TPSA) is 59.0 Å². The van der Waals surface area contributed by atoms with Crippen molar-refractivity contribution in [1.82, 2.24) is 4.90 Å². The van der Waals surface area contributed by atoms with E-state index in [9.17, 15) is 9.90 Å². The quantitative estimate of drug-likeness (QED) is 0.318. The first-order valence-corrected chi connectivity index (χ1v) is 13.3. The minimum Gasteiger partial charge on any atom is -0.494 e. The molecule has 7 heteroatoms. The maximum Gasteiger partial charge on any atom is 0.349 e. The summed E-state index contributed by atoms with van der Waals surface area (Å²) in [5.41, 5.74) is -1.76. The molecule has 2 aromatic heterocycles. The Morgan fingerprint density at radius 1 is 1.09 bits per heavy atom. The van der Waals surface area contributed by atoms with Crippen LogP contribution in [0.3, 0.4) is 0 Å². The van der Waals surface area contributed by atoms with E-state index < -0.39 is 11.6 Å². The lowest BCUT2D eigenvalue weighted by molar-refractivity contribution is -0.173. The number of hydrogen-bond donors (Lipinski definition) is 1. The zero-order chi connectivity index (χ0) is 23.1. The van der Waals surface area contributed by atoms with Gasteiger partial charge in [-0.3, -0.25) is 4.90 Å². The minimum atomic E-state index is -1.76. The highest BCUT2D eigenvalue weighted by Gasteiger charge is 2.46. The highest BCUT2D eigenvalue weighted by Crippen LogP contribution is 2.38. The van der Waals surface area contributed by atoms with Crippen LogP contribution in [-0.2, 0) is 15.1 Å². The van der Waals surface area contributed by atoms with Crippen molar-refractivity contribution >= 4 is 28.6 Å². The number of hydrogen-bond acceptors (Lipinski definition) is 7. The minimum absolute atomic E-state index is 0.238. The Kier molecular flexibility index (Phi) is 8.20. The molecule has 1 N–H and O–H groups in total. The second-order valence-corrected chi connectivity index (χ2v) is 10.3. The number of para-hydroxylation sites is 1. The third-order valence-electron chi connectivity index (χ3n) is 6.24. The zero-order valence-corrected chi connectivity index (χ0v) is 20.5.